The maximum atomic E-state index is 12.1. The molecule has 1 heterocycles. The molecule has 6 heteroatoms. The Labute approximate surface area is 107 Å². The number of para-hydroxylation sites is 1. The maximum absolute atomic E-state index is 12.1. The fraction of sp³-hybridized carbons (Fsp3) is 0.231. The lowest BCUT2D eigenvalue weighted by Crippen LogP contribution is -2.15. The Hall–Kier alpha value is -2.29. The van der Waals surface area contributed by atoms with E-state index >= 15 is 0 Å². The van der Waals surface area contributed by atoms with Crippen molar-refractivity contribution in [3.63, 3.8) is 0 Å². The van der Waals surface area contributed by atoms with Crippen molar-refractivity contribution < 1.29 is 13.2 Å². The lowest BCUT2D eigenvalue weighted by molar-refractivity contribution is -0.131. The SMILES string of the molecule is N#Cc1cnc2ccccc2c1NCCC(F)(F)F. The summed E-state index contributed by atoms with van der Waals surface area (Å²) in [4.78, 5) is 4.08. The molecule has 0 saturated carbocycles. The van der Waals surface area contributed by atoms with Crippen LogP contribution < -0.4 is 5.32 Å². The van der Waals surface area contributed by atoms with Gasteiger partial charge in [0.2, 0.25) is 0 Å². The molecule has 3 nitrogen and oxygen atoms in total. The number of alkyl halides is 3. The van der Waals surface area contributed by atoms with Gasteiger partial charge in [-0.25, -0.2) is 0 Å². The summed E-state index contributed by atoms with van der Waals surface area (Å²) in [7, 11) is 0. The van der Waals surface area contributed by atoms with E-state index in [4.69, 9.17) is 5.26 Å². The van der Waals surface area contributed by atoms with Crippen molar-refractivity contribution in [3.05, 3.63) is 36.0 Å². The molecule has 2 aromatic rings. The van der Waals surface area contributed by atoms with Crippen LogP contribution in [0, 0.1) is 11.3 Å². The minimum absolute atomic E-state index is 0.237. The largest absolute Gasteiger partial charge is 0.390 e. The fourth-order valence-electron chi connectivity index (χ4n) is 1.75. The number of hydrogen-bond donors (Lipinski definition) is 1. The van der Waals surface area contributed by atoms with E-state index in [-0.39, 0.29) is 12.1 Å². The lowest BCUT2D eigenvalue weighted by atomic mass is 10.1. The number of rotatable bonds is 3. The first-order valence-electron chi connectivity index (χ1n) is 5.60. The van der Waals surface area contributed by atoms with Gasteiger partial charge in [0.25, 0.3) is 0 Å². The molecular weight excluding hydrogens is 255 g/mol. The smallest absolute Gasteiger partial charge is 0.383 e. The zero-order chi connectivity index (χ0) is 13.9. The van der Waals surface area contributed by atoms with Crippen LogP contribution in [0.5, 0.6) is 0 Å². The molecule has 0 unspecified atom stereocenters. The van der Waals surface area contributed by atoms with E-state index in [1.807, 2.05) is 6.07 Å². The molecule has 0 saturated heterocycles. The Morgan fingerprint density at radius 2 is 2.00 bits per heavy atom. The Balaban J connectivity index is 2.32. The number of nitrogens with zero attached hydrogens (tertiary/aromatic N) is 2. The number of halogens is 3. The van der Waals surface area contributed by atoms with E-state index in [0.29, 0.717) is 16.6 Å². The Bertz CT molecular complexity index is 629. The maximum Gasteiger partial charge on any atom is 0.390 e. The summed E-state index contributed by atoms with van der Waals surface area (Å²) in [5, 5.41) is 12.3. The predicted molar refractivity (Wildman–Crippen MR) is 65.6 cm³/mol. The van der Waals surface area contributed by atoms with E-state index in [0.717, 1.165) is 0 Å². The molecular formula is C13H10F3N3. The van der Waals surface area contributed by atoms with Crippen molar-refractivity contribution in [2.45, 2.75) is 12.6 Å². The van der Waals surface area contributed by atoms with Crippen molar-refractivity contribution >= 4 is 16.6 Å². The van der Waals surface area contributed by atoms with Crippen molar-refractivity contribution in [2.75, 3.05) is 11.9 Å². The minimum atomic E-state index is -4.22. The number of aromatic nitrogens is 1. The highest BCUT2D eigenvalue weighted by atomic mass is 19.4. The van der Waals surface area contributed by atoms with Gasteiger partial charge in [-0.3, -0.25) is 4.98 Å². The Morgan fingerprint density at radius 3 is 2.68 bits per heavy atom. The van der Waals surface area contributed by atoms with Crippen LogP contribution in [0.4, 0.5) is 18.9 Å². The van der Waals surface area contributed by atoms with Gasteiger partial charge >= 0.3 is 6.18 Å². The van der Waals surface area contributed by atoms with E-state index in [1.54, 1.807) is 24.3 Å². The van der Waals surface area contributed by atoms with Gasteiger partial charge in [0.05, 0.1) is 23.2 Å². The van der Waals surface area contributed by atoms with Crippen molar-refractivity contribution in [3.8, 4) is 6.07 Å². The van der Waals surface area contributed by atoms with Crippen LogP contribution >= 0.6 is 0 Å². The van der Waals surface area contributed by atoms with Gasteiger partial charge in [-0.15, -0.1) is 0 Å². The molecule has 0 aliphatic carbocycles. The van der Waals surface area contributed by atoms with E-state index in [9.17, 15) is 13.2 Å². The van der Waals surface area contributed by atoms with Crippen LogP contribution in [0.15, 0.2) is 30.5 Å². The zero-order valence-electron chi connectivity index (χ0n) is 9.83. The molecule has 0 radical (unpaired) electrons. The van der Waals surface area contributed by atoms with Crippen molar-refractivity contribution in [1.29, 1.82) is 5.26 Å². The Kier molecular flexibility index (Phi) is 3.56. The fourth-order valence-corrected chi connectivity index (χ4v) is 1.75. The summed E-state index contributed by atoms with van der Waals surface area (Å²) in [5.41, 5.74) is 1.27. The second-order valence-corrected chi connectivity index (χ2v) is 3.97. The standard InChI is InChI=1S/C13H10F3N3/c14-13(15,16)5-6-18-12-9(7-17)8-19-11-4-2-1-3-10(11)12/h1-4,8H,5-6H2,(H,18,19). The first-order chi connectivity index (χ1) is 9.01. The summed E-state index contributed by atoms with van der Waals surface area (Å²) in [6.07, 6.45) is -3.81. The number of fused-ring (bicyclic) bond motifs is 1. The van der Waals surface area contributed by atoms with Crippen LogP contribution in [0.25, 0.3) is 10.9 Å². The number of nitriles is 1. The number of pyridine rings is 1. The molecule has 2 rings (SSSR count). The van der Waals surface area contributed by atoms with Crippen LogP contribution in [-0.4, -0.2) is 17.7 Å². The highest BCUT2D eigenvalue weighted by molar-refractivity contribution is 5.93. The number of nitrogens with one attached hydrogen (secondary N) is 1. The van der Waals surface area contributed by atoms with Gasteiger partial charge in [0, 0.05) is 18.1 Å². The minimum Gasteiger partial charge on any atom is -0.383 e. The normalized spacial score (nSPS) is 11.3. The molecule has 0 fully saturated rings. The zero-order valence-corrected chi connectivity index (χ0v) is 9.83. The van der Waals surface area contributed by atoms with E-state index in [2.05, 4.69) is 10.3 Å². The first-order valence-corrected chi connectivity index (χ1v) is 5.60. The number of anilines is 1. The van der Waals surface area contributed by atoms with E-state index in [1.165, 1.54) is 6.20 Å². The van der Waals surface area contributed by atoms with Gasteiger partial charge in [0.1, 0.15) is 6.07 Å². The number of hydrogen-bond acceptors (Lipinski definition) is 3. The highest BCUT2D eigenvalue weighted by Gasteiger charge is 2.26. The molecule has 1 N–H and O–H groups in total. The quantitative estimate of drug-likeness (QED) is 0.924. The van der Waals surface area contributed by atoms with E-state index < -0.39 is 12.6 Å². The summed E-state index contributed by atoms with van der Waals surface area (Å²) in [5.74, 6) is 0. The molecule has 0 bridgehead atoms. The average molecular weight is 265 g/mol. The van der Waals surface area contributed by atoms with Crippen LogP contribution in [0.3, 0.4) is 0 Å². The molecule has 0 amide bonds. The molecule has 0 atom stereocenters. The highest BCUT2D eigenvalue weighted by Crippen LogP contribution is 2.26. The molecule has 0 aliphatic heterocycles. The first kappa shape index (κ1) is 13.1. The lowest BCUT2D eigenvalue weighted by Gasteiger charge is -2.12. The van der Waals surface area contributed by atoms with Crippen molar-refractivity contribution in [2.24, 2.45) is 0 Å². The molecule has 0 aliphatic rings. The molecule has 19 heavy (non-hydrogen) atoms. The van der Waals surface area contributed by atoms with Gasteiger partial charge in [0.15, 0.2) is 0 Å². The van der Waals surface area contributed by atoms with Crippen molar-refractivity contribution in [1.82, 2.24) is 4.98 Å². The van der Waals surface area contributed by atoms with Gasteiger partial charge < -0.3 is 5.32 Å². The molecule has 0 spiro atoms. The summed E-state index contributed by atoms with van der Waals surface area (Å²) in [6.45, 7) is -0.272. The number of benzene rings is 1. The second kappa shape index (κ2) is 5.14. The topological polar surface area (TPSA) is 48.7 Å². The third kappa shape index (κ3) is 3.13. The van der Waals surface area contributed by atoms with Crippen LogP contribution in [0.1, 0.15) is 12.0 Å². The molecule has 1 aromatic heterocycles. The molecule has 98 valence electrons. The summed E-state index contributed by atoms with van der Waals surface area (Å²) < 4.78 is 36.4. The predicted octanol–water partition coefficient (Wildman–Crippen LogP) is 3.47. The second-order valence-electron chi connectivity index (χ2n) is 3.97. The van der Waals surface area contributed by atoms with Gasteiger partial charge in [-0.05, 0) is 6.07 Å². The van der Waals surface area contributed by atoms with Gasteiger partial charge in [-0.1, -0.05) is 18.2 Å². The summed E-state index contributed by atoms with van der Waals surface area (Å²) in [6, 6.07) is 8.92. The average Bonchev–Trinajstić information content (AvgIpc) is 2.37. The third-order valence-corrected chi connectivity index (χ3v) is 2.61. The monoisotopic (exact) mass is 265 g/mol. The van der Waals surface area contributed by atoms with Crippen LogP contribution in [0.2, 0.25) is 0 Å². The van der Waals surface area contributed by atoms with Gasteiger partial charge in [-0.2, -0.15) is 18.4 Å². The Morgan fingerprint density at radius 1 is 1.26 bits per heavy atom. The van der Waals surface area contributed by atoms with Crippen LogP contribution in [-0.2, 0) is 0 Å². The molecule has 1 aromatic carbocycles. The summed E-state index contributed by atoms with van der Waals surface area (Å²) >= 11 is 0. The third-order valence-electron chi connectivity index (χ3n) is 2.61.